The van der Waals surface area contributed by atoms with Gasteiger partial charge in [0.1, 0.15) is 6.66 Å². The average molecular weight is 112 g/mol. The molecule has 0 aliphatic carbocycles. The summed E-state index contributed by atoms with van der Waals surface area (Å²) in [4.78, 5) is 16.3. The zero-order chi connectivity index (χ0) is 5.21. The van der Waals surface area contributed by atoms with Gasteiger partial charge in [0.2, 0.25) is 0 Å². The normalized spacial score (nSPS) is 12.0. The van der Waals surface area contributed by atoms with Crippen molar-refractivity contribution in [2.24, 2.45) is 5.90 Å². The summed E-state index contributed by atoms with van der Waals surface area (Å²) < 4.78 is 3.66. The monoisotopic (exact) mass is 112 g/mol. The first-order chi connectivity index (χ1) is 2.56. The van der Waals surface area contributed by atoms with Gasteiger partial charge in [-0.05, 0) is 0 Å². The second-order valence-electron chi connectivity index (χ2n) is 0.941. The zero-order valence-electron chi connectivity index (χ0n) is 3.33. The van der Waals surface area contributed by atoms with Gasteiger partial charge in [-0.1, -0.05) is 4.62 Å². The fourth-order valence-corrected chi connectivity index (χ4v) is 0. The van der Waals surface area contributed by atoms with Gasteiger partial charge in [0, 0.05) is 0 Å². The molecular weight excluding hydrogens is 105 g/mol. The lowest BCUT2D eigenvalue weighted by molar-refractivity contribution is 0.241. The topological polar surface area (TPSA) is 75.7 Å². The molecular formula is CH7NO3P+. The van der Waals surface area contributed by atoms with Crippen molar-refractivity contribution in [1.82, 2.24) is 0 Å². The Kier molecular flexibility index (Phi) is 1.90. The van der Waals surface area contributed by atoms with Crippen LogP contribution in [0.2, 0.25) is 0 Å². The predicted molar refractivity (Wildman–Crippen MR) is 22.6 cm³/mol. The first-order valence-corrected chi connectivity index (χ1v) is 3.33. The predicted octanol–water partition coefficient (Wildman–Crippen LogP) is -0.746. The highest BCUT2D eigenvalue weighted by molar-refractivity contribution is 7.58. The smallest absolute Gasteiger partial charge is 0.192 e. The molecule has 0 heterocycles. The van der Waals surface area contributed by atoms with Crippen LogP contribution in [0.3, 0.4) is 0 Å². The Hall–Kier alpha value is 0.270. The number of rotatable bonds is 1. The van der Waals surface area contributed by atoms with Crippen LogP contribution in [0.1, 0.15) is 0 Å². The molecule has 0 aromatic carbocycles. The minimum atomic E-state index is -3.12. The number of hydrogen-bond donors (Lipinski definition) is 3. The summed E-state index contributed by atoms with van der Waals surface area (Å²) in [5, 5.41) is 0. The molecule has 0 amide bonds. The lowest BCUT2D eigenvalue weighted by atomic mass is 12.0. The van der Waals surface area contributed by atoms with Gasteiger partial charge in [-0.25, -0.2) is 0 Å². The maximum absolute atomic E-state index is 8.15. The molecule has 38 valence electrons. The molecule has 0 spiro atoms. The van der Waals surface area contributed by atoms with E-state index >= 15 is 0 Å². The fourth-order valence-electron chi connectivity index (χ4n) is 0. The van der Waals surface area contributed by atoms with Gasteiger partial charge >= 0.3 is 7.94 Å². The van der Waals surface area contributed by atoms with E-state index in [4.69, 9.17) is 9.79 Å². The van der Waals surface area contributed by atoms with Gasteiger partial charge in [0.05, 0.1) is 0 Å². The molecule has 0 radical (unpaired) electrons. The Morgan fingerprint density at radius 3 is 1.83 bits per heavy atom. The molecule has 0 unspecified atom stereocenters. The molecule has 0 aromatic heterocycles. The van der Waals surface area contributed by atoms with Crippen LogP contribution < -0.4 is 5.90 Å². The molecule has 0 saturated carbocycles. The molecule has 0 aromatic rings. The number of hydrogen-bond acceptors (Lipinski definition) is 4. The number of nitrogens with two attached hydrogens (primary N) is 1. The van der Waals surface area contributed by atoms with E-state index in [1.165, 1.54) is 0 Å². The summed E-state index contributed by atoms with van der Waals surface area (Å²) in [7, 11) is -3.12. The summed E-state index contributed by atoms with van der Waals surface area (Å²) in [6, 6.07) is 0. The van der Waals surface area contributed by atoms with Crippen molar-refractivity contribution in [2.45, 2.75) is 0 Å². The van der Waals surface area contributed by atoms with Crippen LogP contribution in [0.15, 0.2) is 0 Å². The van der Waals surface area contributed by atoms with E-state index < -0.39 is 7.94 Å². The third-order valence-electron chi connectivity index (χ3n) is 0.200. The van der Waals surface area contributed by atoms with Gasteiger partial charge in [0.25, 0.3) is 0 Å². The van der Waals surface area contributed by atoms with Crippen LogP contribution in [0.25, 0.3) is 0 Å². The quantitative estimate of drug-likeness (QED) is 0.308. The molecule has 4 nitrogen and oxygen atoms in total. The van der Waals surface area contributed by atoms with Crippen molar-refractivity contribution >= 4 is 7.94 Å². The molecule has 0 aliphatic heterocycles. The second kappa shape index (κ2) is 1.82. The van der Waals surface area contributed by atoms with Crippen molar-refractivity contribution < 1.29 is 14.4 Å². The van der Waals surface area contributed by atoms with Crippen LogP contribution in [-0.4, -0.2) is 16.5 Å². The zero-order valence-corrected chi connectivity index (χ0v) is 4.22. The van der Waals surface area contributed by atoms with E-state index in [0.717, 1.165) is 6.66 Å². The van der Waals surface area contributed by atoms with E-state index in [1.807, 2.05) is 0 Å². The molecule has 0 aliphatic rings. The molecule has 4 N–H and O–H groups in total. The second-order valence-corrected chi connectivity index (χ2v) is 2.82. The van der Waals surface area contributed by atoms with E-state index in [2.05, 4.69) is 10.5 Å². The van der Waals surface area contributed by atoms with Crippen molar-refractivity contribution in [3.63, 3.8) is 0 Å². The Bertz CT molecular complexity index is 40.5. The molecule has 0 rings (SSSR count). The highest BCUT2D eigenvalue weighted by atomic mass is 31.2. The van der Waals surface area contributed by atoms with Crippen molar-refractivity contribution in [3.8, 4) is 0 Å². The summed E-state index contributed by atoms with van der Waals surface area (Å²) >= 11 is 0. The fraction of sp³-hybridized carbons (Fsp3) is 1.00. The third-order valence-corrected chi connectivity index (χ3v) is 0.599. The van der Waals surface area contributed by atoms with Gasteiger partial charge in [-0.15, -0.1) is 0 Å². The first kappa shape index (κ1) is 6.27. The Labute approximate surface area is 36.1 Å². The summed E-state index contributed by atoms with van der Waals surface area (Å²) in [6.45, 7) is 1.12. The molecule has 0 atom stereocenters. The largest absolute Gasteiger partial charge is 0.425 e. The summed E-state index contributed by atoms with van der Waals surface area (Å²) in [5.74, 6) is 4.35. The first-order valence-electron chi connectivity index (χ1n) is 1.27. The SMILES string of the molecule is C[P+](O)(O)ON. The van der Waals surface area contributed by atoms with Crippen molar-refractivity contribution in [3.05, 3.63) is 0 Å². The third kappa shape index (κ3) is 4.27. The van der Waals surface area contributed by atoms with Gasteiger partial charge in [-0.3, -0.25) is 0 Å². The Balaban J connectivity index is 3.17. The molecule has 0 saturated heterocycles. The van der Waals surface area contributed by atoms with Gasteiger partial charge in [0.15, 0.2) is 0 Å². The van der Waals surface area contributed by atoms with Crippen molar-refractivity contribution in [2.75, 3.05) is 6.66 Å². The van der Waals surface area contributed by atoms with Crippen LogP contribution in [0.5, 0.6) is 0 Å². The standard InChI is InChI=1S/CH7NO3P/c1-6(3,4)5-2/h3-4H,2H2,1H3/q+1. The Morgan fingerprint density at radius 1 is 1.67 bits per heavy atom. The van der Waals surface area contributed by atoms with Gasteiger partial charge < -0.3 is 0 Å². The lowest BCUT2D eigenvalue weighted by Crippen LogP contribution is -1.99. The molecule has 5 heteroatoms. The minimum absolute atomic E-state index is 1.12. The van der Waals surface area contributed by atoms with E-state index in [9.17, 15) is 0 Å². The van der Waals surface area contributed by atoms with Crippen LogP contribution in [-0.2, 0) is 4.62 Å². The van der Waals surface area contributed by atoms with E-state index in [-0.39, 0.29) is 0 Å². The average Bonchev–Trinajstić information content (AvgIpc) is 1.35. The van der Waals surface area contributed by atoms with Crippen molar-refractivity contribution in [1.29, 1.82) is 0 Å². The lowest BCUT2D eigenvalue weighted by Gasteiger charge is -1.95. The maximum atomic E-state index is 8.15. The molecule has 6 heavy (non-hydrogen) atoms. The van der Waals surface area contributed by atoms with E-state index in [0.29, 0.717) is 0 Å². The summed E-state index contributed by atoms with van der Waals surface area (Å²) in [5.41, 5.74) is 0. The van der Waals surface area contributed by atoms with Crippen LogP contribution in [0.4, 0.5) is 0 Å². The van der Waals surface area contributed by atoms with Gasteiger partial charge in [-0.2, -0.15) is 15.7 Å². The molecule has 0 fully saturated rings. The maximum Gasteiger partial charge on any atom is 0.425 e. The van der Waals surface area contributed by atoms with Crippen LogP contribution >= 0.6 is 7.94 Å². The van der Waals surface area contributed by atoms with Crippen LogP contribution in [0, 0.1) is 0 Å². The molecule has 0 bridgehead atoms. The van der Waals surface area contributed by atoms with E-state index in [1.54, 1.807) is 0 Å². The minimum Gasteiger partial charge on any atom is -0.192 e. The highest BCUT2D eigenvalue weighted by Gasteiger charge is 2.24. The Morgan fingerprint density at radius 2 is 1.83 bits per heavy atom. The summed E-state index contributed by atoms with van der Waals surface area (Å²) in [6.07, 6.45) is 0. The highest BCUT2D eigenvalue weighted by Crippen LogP contribution is 2.43.